The zero-order chi connectivity index (χ0) is 9.80. The summed E-state index contributed by atoms with van der Waals surface area (Å²) in [6.07, 6.45) is 3.26. The highest BCUT2D eigenvalue weighted by Gasteiger charge is 2.15. The van der Waals surface area contributed by atoms with Crippen LogP contribution in [-0.4, -0.2) is 18.3 Å². The molecule has 0 aliphatic carbocycles. The van der Waals surface area contributed by atoms with Crippen molar-refractivity contribution in [3.8, 4) is 5.75 Å². The molecule has 1 saturated heterocycles. The lowest BCUT2D eigenvalue weighted by atomic mass is 9.98. The molecule has 0 aromatic heterocycles. The van der Waals surface area contributed by atoms with Gasteiger partial charge in [0.1, 0.15) is 5.75 Å². The Labute approximate surface area is 84.5 Å². The molecule has 1 fully saturated rings. The predicted octanol–water partition coefficient (Wildman–Crippen LogP) is 2.36. The zero-order valence-corrected chi connectivity index (χ0v) is 8.28. The average Bonchev–Trinajstić information content (AvgIpc) is 2.69. The standard InChI is InChI=1S/C12H16O2/c13-12-4-2-1-3-11(12)6-5-10-7-8-14-9-10/h1-4,10,13H,5-9H2. The predicted molar refractivity (Wildman–Crippen MR) is 55.4 cm³/mol. The summed E-state index contributed by atoms with van der Waals surface area (Å²) in [6.45, 7) is 1.80. The van der Waals surface area contributed by atoms with Gasteiger partial charge in [-0.15, -0.1) is 0 Å². The first kappa shape index (κ1) is 9.53. The van der Waals surface area contributed by atoms with Crippen molar-refractivity contribution < 1.29 is 9.84 Å². The van der Waals surface area contributed by atoms with Gasteiger partial charge in [0.05, 0.1) is 0 Å². The molecule has 1 heterocycles. The molecule has 0 spiro atoms. The highest BCUT2D eigenvalue weighted by molar-refractivity contribution is 5.31. The second kappa shape index (κ2) is 4.47. The van der Waals surface area contributed by atoms with Gasteiger partial charge < -0.3 is 9.84 Å². The number of phenolic OH excluding ortho intramolecular Hbond substituents is 1. The van der Waals surface area contributed by atoms with Crippen LogP contribution in [0.2, 0.25) is 0 Å². The third-order valence-corrected chi connectivity index (χ3v) is 2.84. The maximum atomic E-state index is 9.55. The number of ether oxygens (including phenoxy) is 1. The van der Waals surface area contributed by atoms with Gasteiger partial charge in [0.25, 0.3) is 0 Å². The molecule has 1 aromatic rings. The van der Waals surface area contributed by atoms with Gasteiger partial charge in [-0.3, -0.25) is 0 Å². The first-order valence-corrected chi connectivity index (χ1v) is 5.21. The molecule has 0 radical (unpaired) electrons. The minimum atomic E-state index is 0.423. The van der Waals surface area contributed by atoms with Crippen LogP contribution < -0.4 is 0 Å². The molecule has 1 aliphatic rings. The van der Waals surface area contributed by atoms with Crippen molar-refractivity contribution in [2.45, 2.75) is 19.3 Å². The van der Waals surface area contributed by atoms with Crippen molar-refractivity contribution in [1.29, 1.82) is 0 Å². The second-order valence-corrected chi connectivity index (χ2v) is 3.90. The highest BCUT2D eigenvalue weighted by atomic mass is 16.5. The number of rotatable bonds is 3. The van der Waals surface area contributed by atoms with Gasteiger partial charge in [0, 0.05) is 13.2 Å². The lowest BCUT2D eigenvalue weighted by Crippen LogP contribution is -2.01. The smallest absolute Gasteiger partial charge is 0.118 e. The molecule has 0 bridgehead atoms. The fraction of sp³-hybridized carbons (Fsp3) is 0.500. The summed E-state index contributed by atoms with van der Waals surface area (Å²) in [5.74, 6) is 1.11. The minimum absolute atomic E-state index is 0.423. The zero-order valence-electron chi connectivity index (χ0n) is 8.28. The molecule has 0 amide bonds. The molecule has 2 heteroatoms. The molecule has 2 nitrogen and oxygen atoms in total. The summed E-state index contributed by atoms with van der Waals surface area (Å²) in [6, 6.07) is 7.57. The Morgan fingerprint density at radius 3 is 2.93 bits per heavy atom. The van der Waals surface area contributed by atoms with E-state index in [1.165, 1.54) is 6.42 Å². The van der Waals surface area contributed by atoms with Crippen LogP contribution >= 0.6 is 0 Å². The van der Waals surface area contributed by atoms with Crippen LogP contribution in [0.15, 0.2) is 24.3 Å². The Kier molecular flexibility index (Phi) is 3.04. The highest BCUT2D eigenvalue weighted by Crippen LogP contribution is 2.22. The lowest BCUT2D eigenvalue weighted by Gasteiger charge is -2.08. The van der Waals surface area contributed by atoms with E-state index >= 15 is 0 Å². The van der Waals surface area contributed by atoms with E-state index in [-0.39, 0.29) is 0 Å². The summed E-state index contributed by atoms with van der Waals surface area (Å²) in [4.78, 5) is 0. The quantitative estimate of drug-likeness (QED) is 0.796. The van der Waals surface area contributed by atoms with Gasteiger partial charge in [0.2, 0.25) is 0 Å². The van der Waals surface area contributed by atoms with E-state index in [0.29, 0.717) is 11.7 Å². The maximum Gasteiger partial charge on any atom is 0.118 e. The number of para-hydroxylation sites is 1. The van der Waals surface area contributed by atoms with Crippen molar-refractivity contribution >= 4 is 0 Å². The molecular formula is C12H16O2. The molecule has 1 atom stereocenters. The van der Waals surface area contributed by atoms with E-state index in [0.717, 1.165) is 31.6 Å². The summed E-state index contributed by atoms with van der Waals surface area (Å²) < 4.78 is 5.31. The Morgan fingerprint density at radius 1 is 1.36 bits per heavy atom. The van der Waals surface area contributed by atoms with Crippen LogP contribution in [0.1, 0.15) is 18.4 Å². The van der Waals surface area contributed by atoms with Crippen LogP contribution in [0.4, 0.5) is 0 Å². The Hall–Kier alpha value is -1.02. The lowest BCUT2D eigenvalue weighted by molar-refractivity contribution is 0.184. The molecule has 1 aliphatic heterocycles. The van der Waals surface area contributed by atoms with Gasteiger partial charge in [-0.1, -0.05) is 18.2 Å². The summed E-state index contributed by atoms with van der Waals surface area (Å²) in [7, 11) is 0. The largest absolute Gasteiger partial charge is 0.508 e. The first-order valence-electron chi connectivity index (χ1n) is 5.21. The Morgan fingerprint density at radius 2 is 2.21 bits per heavy atom. The molecule has 1 aromatic carbocycles. The van der Waals surface area contributed by atoms with Crippen molar-refractivity contribution in [1.82, 2.24) is 0 Å². The van der Waals surface area contributed by atoms with Gasteiger partial charge in [-0.25, -0.2) is 0 Å². The normalized spacial score (nSPS) is 21.3. The number of benzene rings is 1. The van der Waals surface area contributed by atoms with Gasteiger partial charge in [0.15, 0.2) is 0 Å². The fourth-order valence-electron chi connectivity index (χ4n) is 1.89. The third kappa shape index (κ3) is 2.26. The third-order valence-electron chi connectivity index (χ3n) is 2.84. The van der Waals surface area contributed by atoms with E-state index in [2.05, 4.69) is 0 Å². The molecule has 1 unspecified atom stereocenters. The molecular weight excluding hydrogens is 176 g/mol. The number of aryl methyl sites for hydroxylation is 1. The monoisotopic (exact) mass is 192 g/mol. The summed E-state index contributed by atoms with van der Waals surface area (Å²) in [5.41, 5.74) is 1.06. The molecule has 2 rings (SSSR count). The second-order valence-electron chi connectivity index (χ2n) is 3.90. The number of hydrogen-bond donors (Lipinski definition) is 1. The van der Waals surface area contributed by atoms with Gasteiger partial charge in [-0.2, -0.15) is 0 Å². The van der Waals surface area contributed by atoms with Crippen molar-refractivity contribution in [2.75, 3.05) is 13.2 Å². The SMILES string of the molecule is Oc1ccccc1CCC1CCOC1. The van der Waals surface area contributed by atoms with E-state index < -0.39 is 0 Å². The maximum absolute atomic E-state index is 9.55. The van der Waals surface area contributed by atoms with Crippen LogP contribution in [-0.2, 0) is 11.2 Å². The molecule has 14 heavy (non-hydrogen) atoms. The minimum Gasteiger partial charge on any atom is -0.508 e. The van der Waals surface area contributed by atoms with Crippen LogP contribution in [0.5, 0.6) is 5.75 Å². The number of phenols is 1. The molecule has 0 saturated carbocycles. The average molecular weight is 192 g/mol. The van der Waals surface area contributed by atoms with Crippen LogP contribution in [0, 0.1) is 5.92 Å². The Balaban J connectivity index is 1.88. The van der Waals surface area contributed by atoms with Crippen LogP contribution in [0.25, 0.3) is 0 Å². The van der Waals surface area contributed by atoms with E-state index in [1.807, 2.05) is 18.2 Å². The number of hydrogen-bond acceptors (Lipinski definition) is 2. The topological polar surface area (TPSA) is 29.5 Å². The summed E-state index contributed by atoms with van der Waals surface area (Å²) in [5, 5.41) is 9.55. The van der Waals surface area contributed by atoms with Gasteiger partial charge in [-0.05, 0) is 36.8 Å². The van der Waals surface area contributed by atoms with Crippen molar-refractivity contribution in [3.63, 3.8) is 0 Å². The number of aromatic hydroxyl groups is 1. The molecule has 1 N–H and O–H groups in total. The van der Waals surface area contributed by atoms with Crippen molar-refractivity contribution in [3.05, 3.63) is 29.8 Å². The van der Waals surface area contributed by atoms with Gasteiger partial charge >= 0.3 is 0 Å². The fourth-order valence-corrected chi connectivity index (χ4v) is 1.89. The first-order chi connectivity index (χ1) is 6.86. The Bertz CT molecular complexity index is 290. The van der Waals surface area contributed by atoms with E-state index in [1.54, 1.807) is 6.07 Å². The van der Waals surface area contributed by atoms with E-state index in [9.17, 15) is 5.11 Å². The van der Waals surface area contributed by atoms with Crippen molar-refractivity contribution in [2.24, 2.45) is 5.92 Å². The summed E-state index contributed by atoms with van der Waals surface area (Å²) >= 11 is 0. The van der Waals surface area contributed by atoms with Crippen LogP contribution in [0.3, 0.4) is 0 Å². The molecule has 76 valence electrons. The van der Waals surface area contributed by atoms with E-state index in [4.69, 9.17) is 4.74 Å².